The zero-order valence-corrected chi connectivity index (χ0v) is 24.6. The van der Waals surface area contributed by atoms with Gasteiger partial charge in [0.15, 0.2) is 11.5 Å². The molecule has 0 saturated carbocycles. The maximum absolute atomic E-state index is 13.9. The van der Waals surface area contributed by atoms with Crippen LogP contribution in [0.25, 0.3) is 21.7 Å². The number of phenols is 1. The lowest BCUT2D eigenvalue weighted by molar-refractivity contribution is 0.0735. The molecule has 7 rings (SSSR count). The summed E-state index contributed by atoms with van der Waals surface area (Å²) < 4.78 is 17.5. The number of amides is 1. The number of methoxy groups -OCH3 is 1. The normalized spacial score (nSPS) is 20.0. The molecule has 3 aliphatic heterocycles. The van der Waals surface area contributed by atoms with Crippen LogP contribution < -0.4 is 14.4 Å². The lowest BCUT2D eigenvalue weighted by Gasteiger charge is -2.38. The van der Waals surface area contributed by atoms with Gasteiger partial charge in [0.1, 0.15) is 18.1 Å². The number of aromatic amines is 1. The molecule has 42 heavy (non-hydrogen) atoms. The van der Waals surface area contributed by atoms with Gasteiger partial charge in [0, 0.05) is 59.9 Å². The van der Waals surface area contributed by atoms with Crippen molar-refractivity contribution in [3.8, 4) is 17.2 Å². The SMILES string of the molecule is COc1cc2[nH]c(C(=O)N3CC(CCl)c4c3cc(O)c3ccccc43)cc2cc1OCCN1CCC2(CCOC2)CC1. The molecule has 2 N–H and O–H groups in total. The van der Waals surface area contributed by atoms with E-state index >= 15 is 0 Å². The van der Waals surface area contributed by atoms with E-state index in [1.54, 1.807) is 18.1 Å². The van der Waals surface area contributed by atoms with Crippen LogP contribution in [0.5, 0.6) is 17.2 Å². The summed E-state index contributed by atoms with van der Waals surface area (Å²) in [6.45, 7) is 5.82. The zero-order valence-electron chi connectivity index (χ0n) is 23.8. The maximum atomic E-state index is 13.9. The number of hydrogen-bond donors (Lipinski definition) is 2. The summed E-state index contributed by atoms with van der Waals surface area (Å²) in [5.41, 5.74) is 3.34. The van der Waals surface area contributed by atoms with Gasteiger partial charge in [-0.05, 0) is 60.8 Å². The second kappa shape index (κ2) is 11.0. The van der Waals surface area contributed by atoms with Crippen molar-refractivity contribution in [3.63, 3.8) is 0 Å². The highest BCUT2D eigenvalue weighted by atomic mass is 35.5. The molecule has 1 aromatic heterocycles. The fraction of sp³-hybridized carbons (Fsp3) is 0.424. The van der Waals surface area contributed by atoms with Crippen LogP contribution in [0.3, 0.4) is 0 Å². The number of nitrogens with zero attached hydrogens (tertiary/aromatic N) is 2. The number of carbonyl (C=O) groups is 1. The average molecular weight is 590 g/mol. The van der Waals surface area contributed by atoms with Gasteiger partial charge in [-0.2, -0.15) is 0 Å². The molecule has 2 fully saturated rings. The molecule has 1 spiro atoms. The Morgan fingerprint density at radius 3 is 2.67 bits per heavy atom. The number of ether oxygens (including phenoxy) is 3. The van der Waals surface area contributed by atoms with E-state index in [0.29, 0.717) is 47.3 Å². The van der Waals surface area contributed by atoms with E-state index in [1.807, 2.05) is 42.5 Å². The van der Waals surface area contributed by atoms with Crippen molar-refractivity contribution in [2.75, 3.05) is 63.9 Å². The number of nitrogens with one attached hydrogen (secondary N) is 1. The standard InChI is InChI=1S/C33H36ClN3O5/c1-40-29-16-25-21(15-30(29)42-13-11-36-9-6-33(7-10-36)8-12-41-20-33)14-26(35-25)32(39)37-19-22(18-34)31-24-5-3-2-4-23(24)28(38)17-27(31)37/h2-5,14-17,22,35,38H,6-13,18-20H2,1H3. The van der Waals surface area contributed by atoms with Gasteiger partial charge in [0.25, 0.3) is 5.91 Å². The zero-order chi connectivity index (χ0) is 28.8. The van der Waals surface area contributed by atoms with Crippen molar-refractivity contribution in [1.82, 2.24) is 9.88 Å². The Labute approximate surface area is 250 Å². The lowest BCUT2D eigenvalue weighted by Crippen LogP contribution is -2.42. The smallest absolute Gasteiger partial charge is 0.274 e. The summed E-state index contributed by atoms with van der Waals surface area (Å²) in [6.07, 6.45) is 3.56. The number of phenolic OH excluding ortho intramolecular Hbond substituents is 1. The monoisotopic (exact) mass is 589 g/mol. The third-order valence-corrected chi connectivity index (χ3v) is 9.85. The minimum absolute atomic E-state index is 0.0301. The van der Waals surface area contributed by atoms with Crippen LogP contribution in [0, 0.1) is 5.41 Å². The first-order valence-corrected chi connectivity index (χ1v) is 15.3. The van der Waals surface area contributed by atoms with Crippen LogP contribution in [-0.4, -0.2) is 79.9 Å². The largest absolute Gasteiger partial charge is 0.507 e. The number of aromatic nitrogens is 1. The minimum Gasteiger partial charge on any atom is -0.507 e. The highest BCUT2D eigenvalue weighted by molar-refractivity contribution is 6.19. The van der Waals surface area contributed by atoms with Crippen molar-refractivity contribution in [3.05, 3.63) is 59.8 Å². The summed E-state index contributed by atoms with van der Waals surface area (Å²) in [5.74, 6) is 1.60. The van der Waals surface area contributed by atoms with Crippen molar-refractivity contribution in [2.45, 2.75) is 25.2 Å². The third-order valence-electron chi connectivity index (χ3n) is 9.48. The number of aromatic hydroxyl groups is 1. The lowest BCUT2D eigenvalue weighted by atomic mass is 9.78. The molecule has 2 saturated heterocycles. The minimum atomic E-state index is -0.174. The molecule has 3 aliphatic rings. The van der Waals surface area contributed by atoms with Gasteiger partial charge in [-0.15, -0.1) is 11.6 Å². The van der Waals surface area contributed by atoms with Gasteiger partial charge >= 0.3 is 0 Å². The first-order chi connectivity index (χ1) is 20.5. The average Bonchev–Trinajstić information content (AvgIpc) is 3.74. The molecular weight excluding hydrogens is 554 g/mol. The molecule has 4 heterocycles. The van der Waals surface area contributed by atoms with Crippen molar-refractivity contribution < 1.29 is 24.1 Å². The summed E-state index contributed by atoms with van der Waals surface area (Å²) in [4.78, 5) is 21.3. The Kier molecular flexibility index (Phi) is 7.16. The first kappa shape index (κ1) is 27.4. The van der Waals surface area contributed by atoms with Crippen LogP contribution in [0.2, 0.25) is 0 Å². The Balaban J connectivity index is 1.09. The van der Waals surface area contributed by atoms with Crippen LogP contribution >= 0.6 is 11.6 Å². The van der Waals surface area contributed by atoms with Gasteiger partial charge in [-0.3, -0.25) is 9.69 Å². The molecule has 0 aliphatic carbocycles. The van der Waals surface area contributed by atoms with E-state index in [2.05, 4.69) is 9.88 Å². The number of piperidine rings is 1. The van der Waals surface area contributed by atoms with Gasteiger partial charge in [0.2, 0.25) is 0 Å². The molecule has 1 atom stereocenters. The van der Waals surface area contributed by atoms with Crippen LogP contribution in [0.1, 0.15) is 41.2 Å². The molecular formula is C33H36ClN3O5. The molecule has 0 bridgehead atoms. The molecule has 0 radical (unpaired) electrons. The third kappa shape index (κ3) is 4.75. The van der Waals surface area contributed by atoms with Crippen LogP contribution in [0.4, 0.5) is 5.69 Å². The molecule has 8 nitrogen and oxygen atoms in total. The number of alkyl halides is 1. The Morgan fingerprint density at radius 2 is 1.93 bits per heavy atom. The van der Waals surface area contributed by atoms with E-state index in [9.17, 15) is 9.90 Å². The van der Waals surface area contributed by atoms with Crippen molar-refractivity contribution >= 4 is 44.9 Å². The second-order valence-electron chi connectivity index (χ2n) is 11.9. The van der Waals surface area contributed by atoms with E-state index in [-0.39, 0.29) is 17.6 Å². The molecule has 220 valence electrons. The molecule has 3 aromatic carbocycles. The summed E-state index contributed by atoms with van der Waals surface area (Å²) in [7, 11) is 1.63. The quantitative estimate of drug-likeness (QED) is 0.261. The van der Waals surface area contributed by atoms with E-state index in [0.717, 1.165) is 60.1 Å². The number of likely N-dealkylation sites (tertiary alicyclic amines) is 1. The second-order valence-corrected chi connectivity index (χ2v) is 12.2. The van der Waals surface area contributed by atoms with Crippen LogP contribution in [-0.2, 0) is 4.74 Å². The number of rotatable bonds is 7. The van der Waals surface area contributed by atoms with Crippen molar-refractivity contribution in [2.24, 2.45) is 5.41 Å². The molecule has 4 aromatic rings. The number of H-pyrrole nitrogens is 1. The first-order valence-electron chi connectivity index (χ1n) is 14.7. The van der Waals surface area contributed by atoms with Crippen LogP contribution in [0.15, 0.2) is 48.5 Å². The maximum Gasteiger partial charge on any atom is 0.274 e. The van der Waals surface area contributed by atoms with Gasteiger partial charge in [0.05, 0.1) is 19.4 Å². The highest BCUT2D eigenvalue weighted by Crippen LogP contribution is 2.46. The Morgan fingerprint density at radius 1 is 1.12 bits per heavy atom. The number of benzene rings is 3. The molecule has 9 heteroatoms. The summed E-state index contributed by atoms with van der Waals surface area (Å²) >= 11 is 6.38. The fourth-order valence-corrected chi connectivity index (χ4v) is 7.25. The highest BCUT2D eigenvalue weighted by Gasteiger charge is 2.38. The number of carbonyl (C=O) groups excluding carboxylic acids is 1. The number of halogens is 1. The Bertz CT molecular complexity index is 1640. The number of fused-ring (bicyclic) bond motifs is 4. The summed E-state index contributed by atoms with van der Waals surface area (Å²) in [5, 5.41) is 13.3. The van der Waals surface area contributed by atoms with Gasteiger partial charge in [-0.25, -0.2) is 0 Å². The van der Waals surface area contributed by atoms with E-state index in [4.69, 9.17) is 25.8 Å². The van der Waals surface area contributed by atoms with Gasteiger partial charge in [-0.1, -0.05) is 24.3 Å². The Hall–Kier alpha value is -3.46. The fourth-order valence-electron chi connectivity index (χ4n) is 7.00. The van der Waals surface area contributed by atoms with E-state index < -0.39 is 0 Å². The topological polar surface area (TPSA) is 87.3 Å². The van der Waals surface area contributed by atoms with Crippen molar-refractivity contribution in [1.29, 1.82) is 0 Å². The number of anilines is 1. The summed E-state index contributed by atoms with van der Waals surface area (Å²) in [6, 6.07) is 15.1. The number of hydrogen-bond acceptors (Lipinski definition) is 6. The van der Waals surface area contributed by atoms with E-state index in [1.165, 1.54) is 19.3 Å². The predicted octanol–water partition coefficient (Wildman–Crippen LogP) is 5.90. The predicted molar refractivity (Wildman–Crippen MR) is 165 cm³/mol. The molecule has 1 amide bonds. The molecule has 1 unspecified atom stereocenters. The van der Waals surface area contributed by atoms with Gasteiger partial charge < -0.3 is 29.2 Å².